The maximum atomic E-state index is 13.9. The van der Waals surface area contributed by atoms with Gasteiger partial charge in [0.2, 0.25) is 17.7 Å². The number of aliphatic carboxylic acids is 1. The number of rotatable bonds is 16. The molecule has 2 heterocycles. The number of carboxylic acid groups (broad SMARTS) is 1. The minimum atomic E-state index is -1.17. The number of amides is 3. The standard InChI is InChI=1S/C33H43N7O5/c1-19(2)29(33(44)45)40-31(42)27(13-7-8-14-34)38-32(43)28(16-21-18-37-26-12-6-4-10-23(21)26)39-30(41)24(35)15-20-17-36-25-11-5-3-9-22(20)25/h3-6,9-12,17-19,24,27-29,36-37H,7-8,13-16,34-35H2,1-2H3,(H,38,43)(H,39,41)(H,40,42)(H,44,45). The molecule has 240 valence electrons. The largest absolute Gasteiger partial charge is 0.480 e. The SMILES string of the molecule is CC(C)C(NC(=O)C(CCCCN)NC(=O)C(Cc1c[nH]c2ccccc12)NC(=O)C(N)Cc1c[nH]c2ccccc12)C(=O)O. The second kappa shape index (κ2) is 15.4. The predicted octanol–water partition coefficient (Wildman–Crippen LogP) is 2.09. The van der Waals surface area contributed by atoms with Crippen LogP contribution in [0, 0.1) is 5.92 Å². The molecule has 4 atom stereocenters. The summed E-state index contributed by atoms with van der Waals surface area (Å²) in [5.41, 5.74) is 15.5. The van der Waals surface area contributed by atoms with Crippen LogP contribution in [0.15, 0.2) is 60.9 Å². The van der Waals surface area contributed by atoms with Gasteiger partial charge in [0.25, 0.3) is 0 Å². The van der Waals surface area contributed by atoms with E-state index in [1.165, 1.54) is 0 Å². The zero-order valence-electron chi connectivity index (χ0n) is 25.6. The van der Waals surface area contributed by atoms with Crippen LogP contribution >= 0.6 is 0 Å². The second-order valence-corrected chi connectivity index (χ2v) is 11.7. The summed E-state index contributed by atoms with van der Waals surface area (Å²) in [5.74, 6) is -3.26. The third-order valence-corrected chi connectivity index (χ3v) is 7.99. The van der Waals surface area contributed by atoms with E-state index in [0.717, 1.165) is 32.9 Å². The van der Waals surface area contributed by atoms with E-state index in [-0.39, 0.29) is 25.2 Å². The Balaban J connectivity index is 1.55. The van der Waals surface area contributed by atoms with Crippen LogP contribution in [0.2, 0.25) is 0 Å². The lowest BCUT2D eigenvalue weighted by Gasteiger charge is -2.26. The summed E-state index contributed by atoms with van der Waals surface area (Å²) in [4.78, 5) is 58.7. The number of H-pyrrole nitrogens is 2. The summed E-state index contributed by atoms with van der Waals surface area (Å²) >= 11 is 0. The molecule has 12 heteroatoms. The monoisotopic (exact) mass is 617 g/mol. The van der Waals surface area contributed by atoms with Crippen molar-refractivity contribution in [1.82, 2.24) is 25.9 Å². The highest BCUT2D eigenvalue weighted by atomic mass is 16.4. The minimum absolute atomic E-state index is 0.127. The summed E-state index contributed by atoms with van der Waals surface area (Å²) in [7, 11) is 0. The van der Waals surface area contributed by atoms with Crippen molar-refractivity contribution in [2.75, 3.05) is 6.54 Å². The number of nitrogens with two attached hydrogens (primary N) is 2. The molecular weight excluding hydrogens is 574 g/mol. The number of hydrogen-bond acceptors (Lipinski definition) is 6. The number of benzene rings is 2. The molecule has 4 rings (SSSR count). The quantitative estimate of drug-likeness (QED) is 0.0877. The lowest BCUT2D eigenvalue weighted by Crippen LogP contribution is -2.58. The third kappa shape index (κ3) is 8.49. The first kappa shape index (κ1) is 33.2. The smallest absolute Gasteiger partial charge is 0.326 e. The summed E-state index contributed by atoms with van der Waals surface area (Å²) in [6.07, 6.45) is 5.37. The number of carboxylic acids is 1. The topological polar surface area (TPSA) is 208 Å². The molecule has 0 radical (unpaired) electrons. The molecule has 0 aliphatic rings. The molecule has 2 aromatic carbocycles. The van der Waals surface area contributed by atoms with Crippen molar-refractivity contribution in [2.45, 2.75) is 70.1 Å². The summed E-state index contributed by atoms with van der Waals surface area (Å²) in [5, 5.41) is 19.6. The average molecular weight is 618 g/mol. The summed E-state index contributed by atoms with van der Waals surface area (Å²) in [6.45, 7) is 3.78. The Hall–Kier alpha value is -4.68. The molecule has 0 fully saturated rings. The highest BCUT2D eigenvalue weighted by Crippen LogP contribution is 2.21. The molecule has 45 heavy (non-hydrogen) atoms. The molecule has 3 amide bonds. The average Bonchev–Trinajstić information content (AvgIpc) is 3.62. The zero-order valence-corrected chi connectivity index (χ0v) is 25.6. The van der Waals surface area contributed by atoms with E-state index in [4.69, 9.17) is 11.5 Å². The number of hydrogen-bond donors (Lipinski definition) is 8. The van der Waals surface area contributed by atoms with Crippen LogP contribution in [0.25, 0.3) is 21.8 Å². The Morgan fingerprint density at radius 3 is 1.84 bits per heavy atom. The lowest BCUT2D eigenvalue weighted by molar-refractivity contribution is -0.143. The fraction of sp³-hybridized carbons (Fsp3) is 0.394. The molecule has 0 saturated heterocycles. The number of carbonyl (C=O) groups excluding carboxylic acids is 3. The van der Waals surface area contributed by atoms with Gasteiger partial charge in [-0.05, 0) is 61.4 Å². The van der Waals surface area contributed by atoms with Crippen LogP contribution in [0.3, 0.4) is 0 Å². The first-order chi connectivity index (χ1) is 21.6. The van der Waals surface area contributed by atoms with Gasteiger partial charge in [-0.3, -0.25) is 14.4 Å². The first-order valence-corrected chi connectivity index (χ1v) is 15.3. The number of nitrogens with one attached hydrogen (secondary N) is 5. The first-order valence-electron chi connectivity index (χ1n) is 15.3. The fourth-order valence-electron chi connectivity index (χ4n) is 5.44. The van der Waals surface area contributed by atoms with Gasteiger partial charge in [0.05, 0.1) is 6.04 Å². The van der Waals surface area contributed by atoms with E-state index >= 15 is 0 Å². The van der Waals surface area contributed by atoms with Gasteiger partial charge in [-0.25, -0.2) is 4.79 Å². The van der Waals surface area contributed by atoms with E-state index in [1.54, 1.807) is 20.0 Å². The van der Waals surface area contributed by atoms with Gasteiger partial charge in [0.1, 0.15) is 18.1 Å². The number of unbranched alkanes of at least 4 members (excludes halogenated alkanes) is 1. The maximum absolute atomic E-state index is 13.9. The van der Waals surface area contributed by atoms with Gasteiger partial charge in [0, 0.05) is 40.6 Å². The highest BCUT2D eigenvalue weighted by Gasteiger charge is 2.32. The van der Waals surface area contributed by atoms with E-state index in [2.05, 4.69) is 25.9 Å². The van der Waals surface area contributed by atoms with Crippen LogP contribution in [0.1, 0.15) is 44.2 Å². The molecule has 0 aliphatic heterocycles. The molecule has 0 aliphatic carbocycles. The zero-order chi connectivity index (χ0) is 32.5. The van der Waals surface area contributed by atoms with Crippen LogP contribution in [-0.4, -0.2) is 69.5 Å². The normalized spacial score (nSPS) is 14.2. The van der Waals surface area contributed by atoms with Gasteiger partial charge < -0.3 is 42.5 Å². The number of carbonyl (C=O) groups is 4. The van der Waals surface area contributed by atoms with Gasteiger partial charge in [0.15, 0.2) is 0 Å². The maximum Gasteiger partial charge on any atom is 0.326 e. The van der Waals surface area contributed by atoms with Crippen molar-refractivity contribution in [3.8, 4) is 0 Å². The molecule has 10 N–H and O–H groups in total. The van der Waals surface area contributed by atoms with E-state index in [1.807, 2.05) is 54.7 Å². The van der Waals surface area contributed by atoms with Crippen molar-refractivity contribution in [1.29, 1.82) is 0 Å². The van der Waals surface area contributed by atoms with Gasteiger partial charge in [-0.15, -0.1) is 0 Å². The Bertz CT molecular complexity index is 1630. The minimum Gasteiger partial charge on any atom is -0.480 e. The van der Waals surface area contributed by atoms with Gasteiger partial charge in [-0.2, -0.15) is 0 Å². The van der Waals surface area contributed by atoms with Crippen molar-refractivity contribution in [3.63, 3.8) is 0 Å². The van der Waals surface area contributed by atoms with E-state index in [9.17, 15) is 24.3 Å². The summed E-state index contributed by atoms with van der Waals surface area (Å²) in [6, 6.07) is 11.1. The van der Waals surface area contributed by atoms with Crippen LogP contribution in [-0.2, 0) is 32.0 Å². The fourth-order valence-corrected chi connectivity index (χ4v) is 5.44. The van der Waals surface area contributed by atoms with Crippen molar-refractivity contribution in [2.24, 2.45) is 17.4 Å². The Labute approximate surface area is 261 Å². The molecule has 0 bridgehead atoms. The Morgan fingerprint density at radius 1 is 0.756 bits per heavy atom. The number of fused-ring (bicyclic) bond motifs is 2. The van der Waals surface area contributed by atoms with Crippen LogP contribution in [0.4, 0.5) is 0 Å². The second-order valence-electron chi connectivity index (χ2n) is 11.7. The molecule has 0 spiro atoms. The van der Waals surface area contributed by atoms with Crippen LogP contribution < -0.4 is 27.4 Å². The molecule has 0 saturated carbocycles. The van der Waals surface area contributed by atoms with Crippen LogP contribution in [0.5, 0.6) is 0 Å². The van der Waals surface area contributed by atoms with Crippen molar-refractivity contribution in [3.05, 3.63) is 72.1 Å². The molecule has 4 unspecified atom stereocenters. The Kier molecular flexibility index (Phi) is 11.3. The van der Waals surface area contributed by atoms with Crippen molar-refractivity contribution < 1.29 is 24.3 Å². The molecule has 4 aromatic rings. The third-order valence-electron chi connectivity index (χ3n) is 7.99. The lowest BCUT2D eigenvalue weighted by atomic mass is 10.0. The van der Waals surface area contributed by atoms with Gasteiger partial charge >= 0.3 is 5.97 Å². The number of para-hydroxylation sites is 2. The molecular formula is C33H43N7O5. The van der Waals surface area contributed by atoms with Gasteiger partial charge in [-0.1, -0.05) is 50.2 Å². The molecule has 12 nitrogen and oxygen atoms in total. The summed E-state index contributed by atoms with van der Waals surface area (Å²) < 4.78 is 0. The predicted molar refractivity (Wildman–Crippen MR) is 173 cm³/mol. The van der Waals surface area contributed by atoms with Crippen molar-refractivity contribution >= 4 is 45.5 Å². The highest BCUT2D eigenvalue weighted by molar-refractivity contribution is 5.95. The number of aromatic amines is 2. The number of aromatic nitrogens is 2. The Morgan fingerprint density at radius 2 is 1.29 bits per heavy atom. The molecule has 2 aromatic heterocycles. The van der Waals surface area contributed by atoms with E-state index in [0.29, 0.717) is 19.4 Å². The van der Waals surface area contributed by atoms with E-state index < -0.39 is 47.9 Å².